The molecule has 2 N–H and O–H groups in total. The van der Waals surface area contributed by atoms with Crippen molar-refractivity contribution in [3.63, 3.8) is 0 Å². The fourth-order valence-electron chi connectivity index (χ4n) is 1.47. The van der Waals surface area contributed by atoms with E-state index in [0.717, 1.165) is 4.88 Å². The van der Waals surface area contributed by atoms with Gasteiger partial charge in [-0.2, -0.15) is 0 Å². The Hall–Kier alpha value is -1.59. The van der Waals surface area contributed by atoms with Gasteiger partial charge in [-0.15, -0.1) is 11.3 Å². The summed E-state index contributed by atoms with van der Waals surface area (Å²) >= 11 is 7.33. The third kappa shape index (κ3) is 4.22. The minimum Gasteiger partial charge on any atom is -0.374 e. The van der Waals surface area contributed by atoms with Crippen LogP contribution >= 0.6 is 22.9 Å². The molecule has 0 fully saturated rings. The number of thiophene rings is 1. The number of anilines is 1. The molecule has 0 unspecified atom stereocenters. The van der Waals surface area contributed by atoms with Crippen molar-refractivity contribution in [3.8, 4) is 0 Å². The van der Waals surface area contributed by atoms with Crippen LogP contribution in [0.2, 0.25) is 5.02 Å². The summed E-state index contributed by atoms with van der Waals surface area (Å²) in [5.74, 6) is -0.636. The normalized spacial score (nSPS) is 10.2. The molecule has 2 rings (SSSR count). The molecule has 0 bridgehead atoms. The molecule has 6 heteroatoms. The SMILES string of the molecule is O=C(CNc1cc(Cl)ccc1F)NCc1cccs1. The highest BCUT2D eigenvalue weighted by molar-refractivity contribution is 7.09. The summed E-state index contributed by atoms with van der Waals surface area (Å²) in [4.78, 5) is 12.7. The van der Waals surface area contributed by atoms with Crippen LogP contribution in [0.3, 0.4) is 0 Å². The van der Waals surface area contributed by atoms with Gasteiger partial charge >= 0.3 is 0 Å². The van der Waals surface area contributed by atoms with Gasteiger partial charge in [0.05, 0.1) is 18.8 Å². The van der Waals surface area contributed by atoms with Crippen molar-refractivity contribution in [1.82, 2.24) is 5.32 Å². The Labute approximate surface area is 119 Å². The van der Waals surface area contributed by atoms with Crippen LogP contribution in [-0.4, -0.2) is 12.5 Å². The number of nitrogens with one attached hydrogen (secondary N) is 2. The van der Waals surface area contributed by atoms with Gasteiger partial charge in [-0.25, -0.2) is 4.39 Å². The zero-order valence-electron chi connectivity index (χ0n) is 9.95. The van der Waals surface area contributed by atoms with Gasteiger partial charge < -0.3 is 10.6 Å². The van der Waals surface area contributed by atoms with E-state index in [2.05, 4.69) is 10.6 Å². The number of hydrogen-bond donors (Lipinski definition) is 2. The molecule has 0 aliphatic carbocycles. The molecule has 0 aliphatic rings. The molecule has 1 aromatic heterocycles. The van der Waals surface area contributed by atoms with Gasteiger partial charge in [-0.3, -0.25) is 4.79 Å². The average molecular weight is 299 g/mol. The summed E-state index contributed by atoms with van der Waals surface area (Å²) in [5, 5.41) is 7.82. The van der Waals surface area contributed by atoms with Gasteiger partial charge in [0.2, 0.25) is 5.91 Å². The van der Waals surface area contributed by atoms with Crippen molar-refractivity contribution in [2.45, 2.75) is 6.54 Å². The van der Waals surface area contributed by atoms with Crippen LogP contribution in [0.5, 0.6) is 0 Å². The number of benzene rings is 1. The van der Waals surface area contributed by atoms with E-state index in [-0.39, 0.29) is 18.1 Å². The Kier molecular flexibility index (Phi) is 4.76. The van der Waals surface area contributed by atoms with Gasteiger partial charge in [0.1, 0.15) is 5.82 Å². The molecule has 1 amide bonds. The van der Waals surface area contributed by atoms with Crippen molar-refractivity contribution >= 4 is 34.5 Å². The maximum absolute atomic E-state index is 13.4. The molecule has 1 aromatic carbocycles. The smallest absolute Gasteiger partial charge is 0.239 e. The molecule has 0 radical (unpaired) electrons. The Morgan fingerprint density at radius 2 is 2.21 bits per heavy atom. The van der Waals surface area contributed by atoms with E-state index in [1.165, 1.54) is 18.2 Å². The third-order valence-electron chi connectivity index (χ3n) is 2.41. The molecule has 0 atom stereocenters. The molecular weight excluding hydrogens is 287 g/mol. The first kappa shape index (κ1) is 13.8. The fraction of sp³-hybridized carbons (Fsp3) is 0.154. The molecule has 0 saturated heterocycles. The molecule has 100 valence electrons. The Bertz CT molecular complexity index is 560. The van der Waals surface area contributed by atoms with Crippen LogP contribution in [0.15, 0.2) is 35.7 Å². The first-order valence-corrected chi connectivity index (χ1v) is 6.89. The lowest BCUT2D eigenvalue weighted by Crippen LogP contribution is -2.29. The zero-order valence-corrected chi connectivity index (χ0v) is 11.5. The Balaban J connectivity index is 1.81. The number of carbonyl (C=O) groups is 1. The lowest BCUT2D eigenvalue weighted by Gasteiger charge is -2.08. The maximum Gasteiger partial charge on any atom is 0.239 e. The Morgan fingerprint density at radius 1 is 1.37 bits per heavy atom. The molecule has 1 heterocycles. The highest BCUT2D eigenvalue weighted by Gasteiger charge is 2.05. The second-order valence-corrected chi connectivity index (χ2v) is 5.30. The largest absolute Gasteiger partial charge is 0.374 e. The summed E-state index contributed by atoms with van der Waals surface area (Å²) < 4.78 is 13.4. The molecule has 2 aromatic rings. The summed E-state index contributed by atoms with van der Waals surface area (Å²) in [6.45, 7) is 0.485. The van der Waals surface area contributed by atoms with Crippen molar-refractivity contribution in [2.24, 2.45) is 0 Å². The summed E-state index contributed by atoms with van der Waals surface area (Å²) in [6, 6.07) is 8.03. The van der Waals surface area contributed by atoms with Gasteiger partial charge in [-0.05, 0) is 29.6 Å². The summed E-state index contributed by atoms with van der Waals surface area (Å²) in [5.41, 5.74) is 0.221. The minimum atomic E-state index is -0.435. The molecular formula is C13H12ClFN2OS. The first-order chi connectivity index (χ1) is 9.15. The zero-order chi connectivity index (χ0) is 13.7. The average Bonchev–Trinajstić information content (AvgIpc) is 2.90. The van der Waals surface area contributed by atoms with E-state index in [0.29, 0.717) is 11.6 Å². The predicted molar refractivity (Wildman–Crippen MR) is 76.1 cm³/mol. The monoisotopic (exact) mass is 298 g/mol. The van der Waals surface area contributed by atoms with Crippen molar-refractivity contribution < 1.29 is 9.18 Å². The van der Waals surface area contributed by atoms with Crippen molar-refractivity contribution in [2.75, 3.05) is 11.9 Å². The van der Waals surface area contributed by atoms with E-state index in [1.807, 2.05) is 17.5 Å². The van der Waals surface area contributed by atoms with E-state index in [1.54, 1.807) is 11.3 Å². The van der Waals surface area contributed by atoms with E-state index >= 15 is 0 Å². The molecule has 3 nitrogen and oxygen atoms in total. The fourth-order valence-corrected chi connectivity index (χ4v) is 2.29. The number of amides is 1. The Morgan fingerprint density at radius 3 is 2.95 bits per heavy atom. The summed E-state index contributed by atoms with van der Waals surface area (Å²) in [7, 11) is 0. The molecule has 0 saturated carbocycles. The number of carbonyl (C=O) groups excluding carboxylic acids is 1. The molecule has 0 spiro atoms. The third-order valence-corrected chi connectivity index (χ3v) is 3.52. The first-order valence-electron chi connectivity index (χ1n) is 5.63. The van der Waals surface area contributed by atoms with Crippen LogP contribution in [-0.2, 0) is 11.3 Å². The maximum atomic E-state index is 13.4. The number of halogens is 2. The van der Waals surface area contributed by atoms with Gasteiger partial charge in [0.25, 0.3) is 0 Å². The summed E-state index contributed by atoms with van der Waals surface area (Å²) in [6.07, 6.45) is 0. The minimum absolute atomic E-state index is 0.00262. The number of hydrogen-bond acceptors (Lipinski definition) is 3. The van der Waals surface area contributed by atoms with Crippen LogP contribution in [0.1, 0.15) is 4.88 Å². The highest BCUT2D eigenvalue weighted by atomic mass is 35.5. The lowest BCUT2D eigenvalue weighted by molar-refractivity contribution is -0.119. The van der Waals surface area contributed by atoms with Gasteiger partial charge in [-0.1, -0.05) is 17.7 Å². The highest BCUT2D eigenvalue weighted by Crippen LogP contribution is 2.19. The van der Waals surface area contributed by atoms with Crippen LogP contribution in [0, 0.1) is 5.82 Å². The second-order valence-electron chi connectivity index (χ2n) is 3.83. The van der Waals surface area contributed by atoms with Crippen molar-refractivity contribution in [3.05, 3.63) is 51.4 Å². The van der Waals surface area contributed by atoms with Crippen LogP contribution in [0.25, 0.3) is 0 Å². The predicted octanol–water partition coefficient (Wildman–Crippen LogP) is 3.27. The quantitative estimate of drug-likeness (QED) is 0.889. The van der Waals surface area contributed by atoms with Crippen LogP contribution < -0.4 is 10.6 Å². The second kappa shape index (κ2) is 6.54. The topological polar surface area (TPSA) is 41.1 Å². The van der Waals surface area contributed by atoms with Crippen LogP contribution in [0.4, 0.5) is 10.1 Å². The number of rotatable bonds is 5. The van der Waals surface area contributed by atoms with E-state index in [4.69, 9.17) is 11.6 Å². The van der Waals surface area contributed by atoms with Gasteiger partial charge in [0, 0.05) is 9.90 Å². The molecule has 0 aliphatic heterocycles. The van der Waals surface area contributed by atoms with E-state index in [9.17, 15) is 9.18 Å². The standard InChI is InChI=1S/C13H12ClFN2OS/c14-9-3-4-11(15)12(6-9)16-8-13(18)17-7-10-2-1-5-19-10/h1-6,16H,7-8H2,(H,17,18). The van der Waals surface area contributed by atoms with E-state index < -0.39 is 5.82 Å². The lowest BCUT2D eigenvalue weighted by atomic mass is 10.3. The van der Waals surface area contributed by atoms with Gasteiger partial charge in [0.15, 0.2) is 0 Å². The van der Waals surface area contributed by atoms with Crippen molar-refractivity contribution in [1.29, 1.82) is 0 Å². The molecule has 19 heavy (non-hydrogen) atoms.